The summed E-state index contributed by atoms with van der Waals surface area (Å²) < 4.78 is 6.07. The van der Waals surface area contributed by atoms with E-state index in [-0.39, 0.29) is 5.91 Å². The van der Waals surface area contributed by atoms with Crippen LogP contribution in [0.25, 0.3) is 0 Å². The molecule has 0 saturated carbocycles. The van der Waals surface area contributed by atoms with Crippen LogP contribution in [0, 0.1) is 10.5 Å². The van der Waals surface area contributed by atoms with E-state index < -0.39 is 0 Å². The molecule has 0 atom stereocenters. The van der Waals surface area contributed by atoms with Crippen LogP contribution in [0.3, 0.4) is 0 Å². The molecule has 1 amide bonds. The summed E-state index contributed by atoms with van der Waals surface area (Å²) in [6.45, 7) is 1.87. The molecular weight excluding hydrogens is 389 g/mol. The van der Waals surface area contributed by atoms with E-state index in [2.05, 4.69) is 27.9 Å². The van der Waals surface area contributed by atoms with Crippen LogP contribution in [0.15, 0.2) is 36.4 Å². The first kappa shape index (κ1) is 15.1. The van der Waals surface area contributed by atoms with Crippen LogP contribution in [0.1, 0.15) is 15.9 Å². The summed E-state index contributed by atoms with van der Waals surface area (Å²) in [5, 5.41) is 3.50. The molecule has 0 radical (unpaired) electrons. The van der Waals surface area contributed by atoms with E-state index in [0.717, 1.165) is 14.9 Å². The maximum absolute atomic E-state index is 12.2. The third kappa shape index (κ3) is 3.24. The highest BCUT2D eigenvalue weighted by molar-refractivity contribution is 14.1. The van der Waals surface area contributed by atoms with Gasteiger partial charge in [-0.1, -0.05) is 17.7 Å². The van der Waals surface area contributed by atoms with E-state index in [1.54, 1.807) is 31.4 Å². The number of anilines is 1. The highest BCUT2D eigenvalue weighted by Crippen LogP contribution is 2.25. The molecule has 0 saturated heterocycles. The number of ether oxygens (including phenoxy) is 1. The predicted octanol–water partition coefficient (Wildman–Crippen LogP) is 4.51. The normalized spacial score (nSPS) is 10.2. The van der Waals surface area contributed by atoms with E-state index in [1.165, 1.54) is 0 Å². The van der Waals surface area contributed by atoms with Crippen molar-refractivity contribution >= 4 is 45.8 Å². The first-order chi connectivity index (χ1) is 9.52. The van der Waals surface area contributed by atoms with Gasteiger partial charge in [0, 0.05) is 16.3 Å². The topological polar surface area (TPSA) is 38.3 Å². The van der Waals surface area contributed by atoms with Gasteiger partial charge in [-0.15, -0.1) is 0 Å². The summed E-state index contributed by atoms with van der Waals surface area (Å²) in [5.74, 6) is 0.581. The largest absolute Gasteiger partial charge is 0.496 e. The Balaban J connectivity index is 2.24. The number of hydrogen-bond donors (Lipinski definition) is 1. The molecule has 2 aromatic carbocycles. The first-order valence-corrected chi connectivity index (χ1v) is 7.38. The molecule has 2 rings (SSSR count). The average molecular weight is 402 g/mol. The number of halogens is 2. The molecular formula is C15H13ClINO2. The third-order valence-electron chi connectivity index (χ3n) is 2.93. The Labute approximate surface area is 136 Å². The van der Waals surface area contributed by atoms with E-state index >= 15 is 0 Å². The van der Waals surface area contributed by atoms with E-state index in [4.69, 9.17) is 16.3 Å². The molecule has 0 heterocycles. The van der Waals surface area contributed by atoms with Crippen molar-refractivity contribution < 1.29 is 9.53 Å². The van der Waals surface area contributed by atoms with Gasteiger partial charge in [0.2, 0.25) is 0 Å². The number of carbonyl (C=O) groups excluding carboxylic acids is 1. The van der Waals surface area contributed by atoms with Crippen molar-refractivity contribution in [3.05, 3.63) is 56.1 Å². The second-order valence-corrected chi connectivity index (χ2v) is 5.79. The van der Waals surface area contributed by atoms with Gasteiger partial charge in [-0.3, -0.25) is 4.79 Å². The average Bonchev–Trinajstić information content (AvgIpc) is 2.43. The first-order valence-electron chi connectivity index (χ1n) is 5.93. The zero-order valence-electron chi connectivity index (χ0n) is 11.0. The molecule has 0 aliphatic heterocycles. The molecule has 0 fully saturated rings. The van der Waals surface area contributed by atoms with Crippen LogP contribution in [-0.2, 0) is 0 Å². The molecule has 0 spiro atoms. The second-order valence-electron chi connectivity index (χ2n) is 4.22. The second kappa shape index (κ2) is 6.45. The van der Waals surface area contributed by atoms with Gasteiger partial charge >= 0.3 is 0 Å². The van der Waals surface area contributed by atoms with E-state index in [1.807, 2.05) is 19.1 Å². The Morgan fingerprint density at radius 1 is 1.30 bits per heavy atom. The fraction of sp³-hybridized carbons (Fsp3) is 0.133. The molecule has 2 aromatic rings. The summed E-state index contributed by atoms with van der Waals surface area (Å²) in [6.07, 6.45) is 0. The number of rotatable bonds is 3. The Morgan fingerprint density at radius 3 is 2.70 bits per heavy atom. The molecule has 0 aliphatic rings. The Bertz CT molecular complexity index is 658. The zero-order valence-corrected chi connectivity index (χ0v) is 13.9. The monoisotopic (exact) mass is 401 g/mol. The smallest absolute Gasteiger partial charge is 0.255 e. The van der Waals surface area contributed by atoms with Gasteiger partial charge in [-0.05, 0) is 65.4 Å². The maximum Gasteiger partial charge on any atom is 0.255 e. The fourth-order valence-corrected chi connectivity index (χ4v) is 2.66. The summed E-state index contributed by atoms with van der Waals surface area (Å²) in [7, 11) is 1.60. The highest BCUT2D eigenvalue weighted by atomic mass is 127. The minimum absolute atomic E-state index is 0.170. The summed E-state index contributed by atoms with van der Waals surface area (Å²) >= 11 is 8.18. The summed E-state index contributed by atoms with van der Waals surface area (Å²) in [6, 6.07) is 10.7. The van der Waals surface area contributed by atoms with Crippen molar-refractivity contribution in [2.24, 2.45) is 0 Å². The van der Waals surface area contributed by atoms with Gasteiger partial charge in [0.25, 0.3) is 5.91 Å². The van der Waals surface area contributed by atoms with Gasteiger partial charge in [-0.2, -0.15) is 0 Å². The Kier molecular flexibility index (Phi) is 4.88. The van der Waals surface area contributed by atoms with Gasteiger partial charge in [-0.25, -0.2) is 0 Å². The highest BCUT2D eigenvalue weighted by Gasteiger charge is 2.11. The minimum Gasteiger partial charge on any atom is -0.496 e. The number of methoxy groups -OCH3 is 1. The molecule has 0 unspecified atom stereocenters. The summed E-state index contributed by atoms with van der Waals surface area (Å²) in [5.41, 5.74) is 2.15. The number of carbonyl (C=O) groups is 1. The van der Waals surface area contributed by atoms with Crippen molar-refractivity contribution in [1.82, 2.24) is 0 Å². The van der Waals surface area contributed by atoms with Crippen LogP contribution in [0.2, 0.25) is 5.02 Å². The number of hydrogen-bond acceptors (Lipinski definition) is 2. The van der Waals surface area contributed by atoms with Crippen LogP contribution in [0.4, 0.5) is 5.69 Å². The van der Waals surface area contributed by atoms with Crippen molar-refractivity contribution in [3.8, 4) is 5.75 Å². The van der Waals surface area contributed by atoms with Gasteiger partial charge < -0.3 is 10.1 Å². The van der Waals surface area contributed by atoms with Crippen molar-refractivity contribution in [2.75, 3.05) is 12.4 Å². The van der Waals surface area contributed by atoms with E-state index in [0.29, 0.717) is 16.3 Å². The molecule has 5 heteroatoms. The zero-order chi connectivity index (χ0) is 14.7. The lowest BCUT2D eigenvalue weighted by molar-refractivity contribution is 0.102. The molecule has 20 heavy (non-hydrogen) atoms. The molecule has 104 valence electrons. The predicted molar refractivity (Wildman–Crippen MR) is 89.9 cm³/mol. The summed E-state index contributed by atoms with van der Waals surface area (Å²) in [4.78, 5) is 12.2. The van der Waals surface area contributed by atoms with Crippen molar-refractivity contribution in [3.63, 3.8) is 0 Å². The van der Waals surface area contributed by atoms with Crippen LogP contribution >= 0.6 is 34.2 Å². The van der Waals surface area contributed by atoms with Crippen molar-refractivity contribution in [2.45, 2.75) is 6.92 Å². The Hall–Kier alpha value is -1.27. The third-order valence-corrected chi connectivity index (χ3v) is 4.18. The molecule has 0 aromatic heterocycles. The quantitative estimate of drug-likeness (QED) is 0.768. The van der Waals surface area contributed by atoms with Crippen LogP contribution in [0.5, 0.6) is 5.75 Å². The number of benzene rings is 2. The van der Waals surface area contributed by atoms with Gasteiger partial charge in [0.15, 0.2) is 0 Å². The number of nitrogens with one attached hydrogen (secondary N) is 1. The molecule has 3 nitrogen and oxygen atoms in total. The molecule has 0 bridgehead atoms. The lowest BCUT2D eigenvalue weighted by Crippen LogP contribution is -2.13. The fourth-order valence-electron chi connectivity index (χ4n) is 1.74. The van der Waals surface area contributed by atoms with Gasteiger partial charge in [0.1, 0.15) is 5.75 Å². The van der Waals surface area contributed by atoms with Gasteiger partial charge in [0.05, 0.1) is 10.7 Å². The Morgan fingerprint density at radius 2 is 2.05 bits per heavy atom. The molecule has 1 N–H and O–H groups in total. The SMILES string of the molecule is COc1ccc(C(=O)Nc2cccc(Cl)c2C)cc1I. The lowest BCUT2D eigenvalue weighted by Gasteiger charge is -2.10. The van der Waals surface area contributed by atoms with Crippen LogP contribution in [-0.4, -0.2) is 13.0 Å². The van der Waals surface area contributed by atoms with E-state index in [9.17, 15) is 4.79 Å². The lowest BCUT2D eigenvalue weighted by atomic mass is 10.1. The minimum atomic E-state index is -0.170. The number of amides is 1. The van der Waals surface area contributed by atoms with Crippen molar-refractivity contribution in [1.29, 1.82) is 0 Å². The molecule has 0 aliphatic carbocycles. The maximum atomic E-state index is 12.2. The standard InChI is InChI=1S/C15H13ClINO2/c1-9-11(16)4-3-5-13(9)18-15(19)10-6-7-14(20-2)12(17)8-10/h3-8H,1-2H3,(H,18,19). The van der Waals surface area contributed by atoms with Crippen LogP contribution < -0.4 is 10.1 Å².